The van der Waals surface area contributed by atoms with Crippen molar-refractivity contribution in [2.45, 2.75) is 76.8 Å². The fraction of sp³-hybridized carbons (Fsp3) is 0.618. The van der Waals surface area contributed by atoms with Crippen molar-refractivity contribution in [3.8, 4) is 5.75 Å². The second-order valence-electron chi connectivity index (χ2n) is 13.4. The lowest BCUT2D eigenvalue weighted by molar-refractivity contribution is 0.0133. The number of methoxy groups -OCH3 is 1. The van der Waals surface area contributed by atoms with E-state index in [0.717, 1.165) is 55.9 Å². The Morgan fingerprint density at radius 3 is 2.73 bits per heavy atom. The third-order valence-electron chi connectivity index (χ3n) is 10.4. The first-order chi connectivity index (χ1) is 20.9. The molecule has 0 radical (unpaired) electrons. The number of rotatable bonds is 2. The van der Waals surface area contributed by atoms with E-state index in [0.29, 0.717) is 30.6 Å². The minimum Gasteiger partial charge on any atom is -0.490 e. The highest BCUT2D eigenvalue weighted by molar-refractivity contribution is 7.90. The van der Waals surface area contributed by atoms with E-state index in [9.17, 15) is 18.3 Å². The maximum absolute atomic E-state index is 13.5. The number of nitrogens with zero attached hydrogens (tertiary/aromatic N) is 1. The number of aliphatic hydroxyl groups excluding tert-OH is 1. The van der Waals surface area contributed by atoms with Crippen LogP contribution in [0.2, 0.25) is 0 Å². The molecule has 10 heteroatoms. The third kappa shape index (κ3) is 7.06. The third-order valence-corrected chi connectivity index (χ3v) is 12.5. The number of amides is 1. The average molecular weight is 647 g/mol. The van der Waals surface area contributed by atoms with Gasteiger partial charge in [-0.05, 0) is 88.0 Å². The number of ether oxygens (including phenoxy) is 2. The molecule has 242 valence electrons. The summed E-state index contributed by atoms with van der Waals surface area (Å²) in [6.07, 6.45) is 14.6. The van der Waals surface area contributed by atoms with Crippen molar-refractivity contribution in [1.29, 1.82) is 0 Å². The van der Waals surface area contributed by atoms with Crippen LogP contribution in [0.1, 0.15) is 69.7 Å². The fourth-order valence-corrected chi connectivity index (χ4v) is 8.81. The van der Waals surface area contributed by atoms with Crippen molar-refractivity contribution < 1.29 is 27.8 Å². The number of halogens is 1. The lowest BCUT2D eigenvalue weighted by Crippen LogP contribution is -2.44. The van der Waals surface area contributed by atoms with Gasteiger partial charge in [0.05, 0.1) is 29.8 Å². The van der Waals surface area contributed by atoms with Gasteiger partial charge in [0.1, 0.15) is 5.75 Å². The van der Waals surface area contributed by atoms with Crippen molar-refractivity contribution >= 4 is 33.2 Å². The molecule has 2 unspecified atom stereocenters. The van der Waals surface area contributed by atoms with Crippen LogP contribution >= 0.6 is 11.6 Å². The van der Waals surface area contributed by atoms with Crippen molar-refractivity contribution in [1.82, 2.24) is 4.72 Å². The van der Waals surface area contributed by atoms with Gasteiger partial charge < -0.3 is 19.5 Å². The maximum Gasteiger partial charge on any atom is 0.264 e. The monoisotopic (exact) mass is 646 g/mol. The van der Waals surface area contributed by atoms with Crippen LogP contribution in [0.15, 0.2) is 53.6 Å². The van der Waals surface area contributed by atoms with Crippen molar-refractivity contribution in [3.63, 3.8) is 0 Å². The number of anilines is 1. The van der Waals surface area contributed by atoms with E-state index in [1.54, 1.807) is 39.2 Å². The van der Waals surface area contributed by atoms with Crippen LogP contribution in [0, 0.1) is 29.1 Å². The van der Waals surface area contributed by atoms with Gasteiger partial charge in [0, 0.05) is 42.1 Å². The fourth-order valence-electron chi connectivity index (χ4n) is 7.23. The molecule has 1 aromatic rings. The molecule has 2 aliphatic carbocycles. The van der Waals surface area contributed by atoms with Crippen LogP contribution in [-0.2, 0) is 14.8 Å². The van der Waals surface area contributed by atoms with E-state index in [1.165, 1.54) is 0 Å². The Morgan fingerprint density at radius 2 is 2.02 bits per heavy atom. The summed E-state index contributed by atoms with van der Waals surface area (Å²) in [4.78, 5) is 15.8. The van der Waals surface area contributed by atoms with E-state index >= 15 is 0 Å². The predicted molar refractivity (Wildman–Crippen MR) is 174 cm³/mol. The number of hydrogen-bond donors (Lipinski definition) is 2. The van der Waals surface area contributed by atoms with Gasteiger partial charge in [-0.3, -0.25) is 4.79 Å². The smallest absolute Gasteiger partial charge is 0.264 e. The van der Waals surface area contributed by atoms with Gasteiger partial charge in [-0.25, -0.2) is 13.1 Å². The Balaban J connectivity index is 1.55. The maximum atomic E-state index is 13.5. The van der Waals surface area contributed by atoms with Crippen molar-refractivity contribution in [3.05, 3.63) is 59.2 Å². The minimum absolute atomic E-state index is 0.111. The Labute approximate surface area is 267 Å². The molecule has 4 aliphatic rings. The van der Waals surface area contributed by atoms with E-state index < -0.39 is 33.2 Å². The summed E-state index contributed by atoms with van der Waals surface area (Å²) in [6, 6.07) is 5.19. The SMILES string of the molecule is CO[C@H]1/C=C/C[C@H]([C@H](C)O)[C@@H](C)S(=O)(=O)NC(=O)c2ccc3c(c2)N(CCCCC2C=C(Cl)C=CC2(C)CO3)C[C@@H]2CC[C@H]21. The summed E-state index contributed by atoms with van der Waals surface area (Å²) < 4.78 is 41.6. The summed E-state index contributed by atoms with van der Waals surface area (Å²) in [5.74, 6) is 0.316. The van der Waals surface area contributed by atoms with E-state index in [2.05, 4.69) is 28.7 Å². The van der Waals surface area contributed by atoms with Gasteiger partial charge in [0.25, 0.3) is 5.91 Å². The highest BCUT2D eigenvalue weighted by atomic mass is 35.5. The predicted octanol–water partition coefficient (Wildman–Crippen LogP) is 5.82. The molecule has 1 aromatic carbocycles. The molecule has 1 amide bonds. The second-order valence-corrected chi connectivity index (χ2v) is 15.8. The molecule has 0 spiro atoms. The molecule has 44 heavy (non-hydrogen) atoms. The first-order valence-corrected chi connectivity index (χ1v) is 17.9. The van der Waals surface area contributed by atoms with Crippen LogP contribution in [0.5, 0.6) is 5.75 Å². The lowest BCUT2D eigenvalue weighted by Gasteiger charge is -2.43. The summed E-state index contributed by atoms with van der Waals surface area (Å²) in [6.45, 7) is 7.32. The largest absolute Gasteiger partial charge is 0.490 e. The molecule has 0 aromatic heterocycles. The van der Waals surface area contributed by atoms with Crippen LogP contribution in [0.4, 0.5) is 5.69 Å². The Hall–Kier alpha value is -2.33. The molecule has 0 saturated heterocycles. The van der Waals surface area contributed by atoms with E-state index in [1.807, 2.05) is 18.2 Å². The summed E-state index contributed by atoms with van der Waals surface area (Å²) in [7, 11) is -2.37. The van der Waals surface area contributed by atoms with E-state index in [-0.39, 0.29) is 23.0 Å². The molecular formula is C34H47ClN2O6S. The molecular weight excluding hydrogens is 600 g/mol. The Morgan fingerprint density at radius 1 is 1.23 bits per heavy atom. The molecule has 1 fully saturated rings. The number of allylic oxidation sites excluding steroid dienone is 4. The first-order valence-electron chi connectivity index (χ1n) is 15.9. The topological polar surface area (TPSA) is 105 Å². The van der Waals surface area contributed by atoms with Gasteiger partial charge in [-0.2, -0.15) is 0 Å². The van der Waals surface area contributed by atoms with Gasteiger partial charge >= 0.3 is 0 Å². The number of aliphatic hydroxyl groups is 1. The molecule has 5 rings (SSSR count). The number of nitrogens with one attached hydrogen (secondary N) is 1. The van der Waals surface area contributed by atoms with Crippen LogP contribution in [-0.4, -0.2) is 63.7 Å². The van der Waals surface area contributed by atoms with Crippen LogP contribution in [0.3, 0.4) is 0 Å². The van der Waals surface area contributed by atoms with Gasteiger partial charge in [0.2, 0.25) is 10.0 Å². The van der Waals surface area contributed by atoms with Crippen LogP contribution in [0.25, 0.3) is 0 Å². The lowest BCUT2D eigenvalue weighted by atomic mass is 9.70. The second kappa shape index (κ2) is 13.6. The highest BCUT2D eigenvalue weighted by Crippen LogP contribution is 2.44. The van der Waals surface area contributed by atoms with E-state index in [4.69, 9.17) is 21.1 Å². The molecule has 8 nitrogen and oxygen atoms in total. The zero-order valence-electron chi connectivity index (χ0n) is 26.2. The normalized spacial score (nSPS) is 35.7. The Kier molecular flexibility index (Phi) is 10.2. The molecule has 1 saturated carbocycles. The zero-order chi connectivity index (χ0) is 31.6. The van der Waals surface area contributed by atoms with Gasteiger partial charge in [-0.1, -0.05) is 49.2 Å². The number of sulfonamides is 1. The highest BCUT2D eigenvalue weighted by Gasteiger charge is 2.39. The standard InChI is InChI=1S/C34H47ClN2O6S/c1-22(38)28-9-7-10-31(42-4)29-13-11-25(29)20-37-17-6-5-8-26-19-27(35)15-16-34(26,3)21-43-32-14-12-24(18-30(32)37)33(39)36-44(40,41)23(28)2/h7,10,12,14-16,18-19,22-23,25-26,28-29,31,38H,5-6,8-9,11,13,17,20-21H2,1-4H3,(H,36,39)/b10-7+/t22-,23+,25-,26?,28+,29+,31-,34?/m0/s1. The molecule has 2 bridgehead atoms. The number of carbonyl (C=O) groups excluding carboxylic acids is 1. The molecule has 8 atom stereocenters. The minimum atomic E-state index is -4.09. The quantitative estimate of drug-likeness (QED) is 0.390. The molecule has 2 aliphatic heterocycles. The number of carbonyl (C=O) groups is 1. The van der Waals surface area contributed by atoms with Crippen molar-refractivity contribution in [2.75, 3.05) is 31.7 Å². The number of benzene rings is 1. The average Bonchev–Trinajstić information content (AvgIpc) is 2.99. The summed E-state index contributed by atoms with van der Waals surface area (Å²) in [5.41, 5.74) is 0.804. The number of hydrogen-bond acceptors (Lipinski definition) is 7. The van der Waals surface area contributed by atoms with Crippen LogP contribution < -0.4 is 14.4 Å². The molecule has 2 heterocycles. The van der Waals surface area contributed by atoms with Gasteiger partial charge in [0.15, 0.2) is 0 Å². The number of fused-ring (bicyclic) bond motifs is 3. The van der Waals surface area contributed by atoms with Crippen molar-refractivity contribution in [2.24, 2.45) is 29.1 Å². The summed E-state index contributed by atoms with van der Waals surface area (Å²) in [5, 5.41) is 10.3. The van der Waals surface area contributed by atoms with Gasteiger partial charge in [-0.15, -0.1) is 0 Å². The summed E-state index contributed by atoms with van der Waals surface area (Å²) >= 11 is 6.41. The Bertz CT molecular complexity index is 1410. The molecule has 2 N–H and O–H groups in total. The first kappa shape index (κ1) is 33.0. The zero-order valence-corrected chi connectivity index (χ0v) is 27.8.